The number of carbonyl (C=O) groups excluding carboxylic acids is 1. The summed E-state index contributed by atoms with van der Waals surface area (Å²) in [5.74, 6) is 0.821. The van der Waals surface area contributed by atoms with Crippen molar-refractivity contribution in [3.05, 3.63) is 57.6 Å². The van der Waals surface area contributed by atoms with Gasteiger partial charge < -0.3 is 19.1 Å². The van der Waals surface area contributed by atoms with Gasteiger partial charge in [-0.1, -0.05) is 17.3 Å². The van der Waals surface area contributed by atoms with Gasteiger partial charge in [0.15, 0.2) is 0 Å². The van der Waals surface area contributed by atoms with Crippen LogP contribution in [0.1, 0.15) is 56.4 Å². The number of rotatable bonds is 3. The maximum absolute atomic E-state index is 12.6. The van der Waals surface area contributed by atoms with Crippen LogP contribution < -0.4 is 5.56 Å². The highest BCUT2D eigenvalue weighted by Gasteiger charge is 2.29. The monoisotopic (exact) mass is 490 g/mol. The molecule has 0 unspecified atom stereocenters. The van der Waals surface area contributed by atoms with Crippen molar-refractivity contribution in [2.24, 2.45) is 0 Å². The number of carbonyl (C=O) groups is 1. The highest BCUT2D eigenvalue weighted by molar-refractivity contribution is 5.72. The Labute approximate surface area is 208 Å². The van der Waals surface area contributed by atoms with Crippen molar-refractivity contribution < 1.29 is 14.1 Å². The Bertz CT molecular complexity index is 1480. The van der Waals surface area contributed by atoms with Crippen LogP contribution in [0.4, 0.5) is 4.79 Å². The molecule has 188 valence electrons. The number of aromatic amines is 1. The van der Waals surface area contributed by atoms with Gasteiger partial charge in [0.25, 0.3) is 11.4 Å². The molecule has 0 spiro atoms. The first kappa shape index (κ1) is 23.8. The van der Waals surface area contributed by atoms with Crippen LogP contribution in [-0.2, 0) is 4.74 Å². The standard InChI is InChI=1S/C26H30N6O4/c1-15-6-7-18(12-16(15)2)22-29-24(36-30-22)19-14-27-32-20(13-21(33)28-23(19)32)17-8-10-31(11-9-17)25(34)35-26(3,4)5/h6-7,12-14,17H,8-11H2,1-5H3,(H,28,33). The molecule has 1 fully saturated rings. The molecule has 10 heteroatoms. The van der Waals surface area contributed by atoms with Crippen LogP contribution in [0.2, 0.25) is 0 Å². The maximum atomic E-state index is 12.6. The average Bonchev–Trinajstić information content (AvgIpc) is 3.46. The summed E-state index contributed by atoms with van der Waals surface area (Å²) >= 11 is 0. The van der Waals surface area contributed by atoms with E-state index in [0.29, 0.717) is 43.0 Å². The molecule has 5 rings (SSSR count). The molecule has 0 bridgehead atoms. The number of aryl methyl sites for hydroxylation is 2. The predicted molar refractivity (Wildman–Crippen MR) is 134 cm³/mol. The number of amides is 1. The van der Waals surface area contributed by atoms with Crippen molar-refractivity contribution in [3.8, 4) is 22.8 Å². The van der Waals surface area contributed by atoms with E-state index in [1.54, 1.807) is 21.7 Å². The first-order valence-corrected chi connectivity index (χ1v) is 12.1. The second kappa shape index (κ2) is 8.92. The number of aromatic nitrogens is 5. The highest BCUT2D eigenvalue weighted by Crippen LogP contribution is 2.31. The molecule has 4 heterocycles. The number of ether oxygens (including phenoxy) is 1. The van der Waals surface area contributed by atoms with Gasteiger partial charge in [0.2, 0.25) is 5.82 Å². The number of nitrogens with zero attached hydrogens (tertiary/aromatic N) is 5. The number of nitrogens with one attached hydrogen (secondary N) is 1. The number of hydrogen-bond donors (Lipinski definition) is 1. The van der Waals surface area contributed by atoms with Crippen molar-refractivity contribution >= 4 is 11.7 Å². The average molecular weight is 491 g/mol. The van der Waals surface area contributed by atoms with Gasteiger partial charge in [-0.05, 0) is 64.7 Å². The van der Waals surface area contributed by atoms with Crippen molar-refractivity contribution in [1.29, 1.82) is 0 Å². The number of likely N-dealkylation sites (tertiary alicyclic amines) is 1. The number of benzene rings is 1. The molecule has 1 aliphatic heterocycles. The Kier molecular flexibility index (Phi) is 5.89. The van der Waals surface area contributed by atoms with E-state index in [1.807, 2.05) is 45.9 Å². The largest absolute Gasteiger partial charge is 0.444 e. The fourth-order valence-corrected chi connectivity index (χ4v) is 4.47. The molecule has 0 radical (unpaired) electrons. The molecule has 3 aromatic heterocycles. The van der Waals surface area contributed by atoms with Crippen molar-refractivity contribution in [1.82, 2.24) is 29.6 Å². The molecule has 0 aliphatic carbocycles. The Morgan fingerprint density at radius 3 is 2.58 bits per heavy atom. The summed E-state index contributed by atoms with van der Waals surface area (Å²) in [6.45, 7) is 10.7. The van der Waals surface area contributed by atoms with Gasteiger partial charge >= 0.3 is 6.09 Å². The van der Waals surface area contributed by atoms with Crippen LogP contribution in [0, 0.1) is 13.8 Å². The van der Waals surface area contributed by atoms with Crippen LogP contribution in [-0.4, -0.2) is 54.4 Å². The van der Waals surface area contributed by atoms with Gasteiger partial charge in [0, 0.05) is 30.6 Å². The lowest BCUT2D eigenvalue weighted by atomic mass is 9.93. The summed E-state index contributed by atoms with van der Waals surface area (Å²) in [7, 11) is 0. The zero-order valence-corrected chi connectivity index (χ0v) is 21.2. The Hall–Kier alpha value is -3.95. The quantitative estimate of drug-likeness (QED) is 0.450. The normalized spacial score (nSPS) is 15.0. The molecule has 0 saturated carbocycles. The van der Waals surface area contributed by atoms with Crippen LogP contribution >= 0.6 is 0 Å². The number of H-pyrrole nitrogens is 1. The number of piperidine rings is 1. The fourth-order valence-electron chi connectivity index (χ4n) is 4.47. The van der Waals surface area contributed by atoms with Gasteiger partial charge in [0.05, 0.1) is 11.9 Å². The molecule has 36 heavy (non-hydrogen) atoms. The van der Waals surface area contributed by atoms with Crippen LogP contribution in [0.15, 0.2) is 39.8 Å². The van der Waals surface area contributed by atoms with Crippen molar-refractivity contribution in [2.75, 3.05) is 13.1 Å². The lowest BCUT2D eigenvalue weighted by Gasteiger charge is -2.33. The van der Waals surface area contributed by atoms with E-state index in [9.17, 15) is 9.59 Å². The summed E-state index contributed by atoms with van der Waals surface area (Å²) in [6, 6.07) is 7.57. The van der Waals surface area contributed by atoms with Gasteiger partial charge in [0.1, 0.15) is 16.8 Å². The highest BCUT2D eigenvalue weighted by atomic mass is 16.6. The second-order valence-corrected chi connectivity index (χ2v) is 10.3. The zero-order valence-electron chi connectivity index (χ0n) is 21.2. The Balaban J connectivity index is 1.41. The maximum Gasteiger partial charge on any atom is 0.410 e. The molecule has 1 aromatic carbocycles. The first-order chi connectivity index (χ1) is 17.1. The smallest absolute Gasteiger partial charge is 0.410 e. The van der Waals surface area contributed by atoms with E-state index in [2.05, 4.69) is 27.1 Å². The second-order valence-electron chi connectivity index (χ2n) is 10.3. The molecule has 1 saturated heterocycles. The molecule has 0 atom stereocenters. The minimum absolute atomic E-state index is 0.0648. The van der Waals surface area contributed by atoms with Crippen LogP contribution in [0.25, 0.3) is 28.5 Å². The van der Waals surface area contributed by atoms with E-state index < -0.39 is 5.60 Å². The topological polar surface area (TPSA) is 119 Å². The summed E-state index contributed by atoms with van der Waals surface area (Å²) in [6.07, 6.45) is 2.71. The van der Waals surface area contributed by atoms with Crippen molar-refractivity contribution in [2.45, 2.75) is 59.0 Å². The molecule has 4 aromatic rings. The van der Waals surface area contributed by atoms with E-state index in [4.69, 9.17) is 9.26 Å². The fraction of sp³-hybridized carbons (Fsp3) is 0.423. The van der Waals surface area contributed by atoms with Gasteiger partial charge in [-0.15, -0.1) is 0 Å². The van der Waals surface area contributed by atoms with E-state index in [-0.39, 0.29) is 23.5 Å². The van der Waals surface area contributed by atoms with E-state index in [0.717, 1.165) is 16.8 Å². The summed E-state index contributed by atoms with van der Waals surface area (Å²) in [5, 5.41) is 8.68. The summed E-state index contributed by atoms with van der Waals surface area (Å²) in [5.41, 5.74) is 4.26. The Morgan fingerprint density at radius 2 is 1.89 bits per heavy atom. The first-order valence-electron chi connectivity index (χ1n) is 12.1. The summed E-state index contributed by atoms with van der Waals surface area (Å²) in [4.78, 5) is 34.2. The molecular weight excluding hydrogens is 460 g/mol. The molecule has 1 aliphatic rings. The minimum atomic E-state index is -0.537. The zero-order chi connectivity index (χ0) is 25.6. The third-order valence-electron chi connectivity index (χ3n) is 6.52. The predicted octanol–water partition coefficient (Wildman–Crippen LogP) is 4.47. The van der Waals surface area contributed by atoms with E-state index >= 15 is 0 Å². The molecular formula is C26H30N6O4. The number of hydrogen-bond acceptors (Lipinski definition) is 7. The third kappa shape index (κ3) is 4.62. The molecule has 1 N–H and O–H groups in total. The minimum Gasteiger partial charge on any atom is -0.444 e. The molecule has 10 nitrogen and oxygen atoms in total. The lowest BCUT2D eigenvalue weighted by Crippen LogP contribution is -2.41. The van der Waals surface area contributed by atoms with E-state index in [1.165, 1.54) is 5.56 Å². The lowest BCUT2D eigenvalue weighted by molar-refractivity contribution is 0.0203. The SMILES string of the molecule is Cc1ccc(-c2noc(-c3cnn4c(C5CCN(C(=O)OC(C)(C)C)CC5)cc(=O)[nH]c34)n2)cc1C. The van der Waals surface area contributed by atoms with Gasteiger partial charge in [-0.25, -0.2) is 9.31 Å². The van der Waals surface area contributed by atoms with Gasteiger partial charge in [-0.2, -0.15) is 10.1 Å². The number of fused-ring (bicyclic) bond motifs is 1. The van der Waals surface area contributed by atoms with Crippen molar-refractivity contribution in [3.63, 3.8) is 0 Å². The van der Waals surface area contributed by atoms with Gasteiger partial charge in [-0.3, -0.25) is 4.79 Å². The van der Waals surface area contributed by atoms with Crippen LogP contribution in [0.5, 0.6) is 0 Å². The van der Waals surface area contributed by atoms with Crippen LogP contribution in [0.3, 0.4) is 0 Å². The third-order valence-corrected chi connectivity index (χ3v) is 6.52. The summed E-state index contributed by atoms with van der Waals surface area (Å²) < 4.78 is 12.8. The molecule has 1 amide bonds. The Morgan fingerprint density at radius 1 is 1.14 bits per heavy atom.